The minimum atomic E-state index is -4.57. The van der Waals surface area contributed by atoms with Crippen LogP contribution in [0.4, 0.5) is 13.2 Å². The summed E-state index contributed by atoms with van der Waals surface area (Å²) in [5.74, 6) is -1.07. The Kier molecular flexibility index (Phi) is 8.24. The van der Waals surface area contributed by atoms with Gasteiger partial charge in [-0.15, -0.1) is 0 Å². The van der Waals surface area contributed by atoms with E-state index in [0.717, 1.165) is 30.1 Å². The lowest BCUT2D eigenvalue weighted by Crippen LogP contribution is -2.27. The quantitative estimate of drug-likeness (QED) is 0.387. The highest BCUT2D eigenvalue weighted by Gasteiger charge is 2.31. The Morgan fingerprint density at radius 3 is 2.62 bits per heavy atom. The number of hydrogen-bond donors (Lipinski definition) is 2. The van der Waals surface area contributed by atoms with Gasteiger partial charge in [-0.1, -0.05) is 46.9 Å². The SMILES string of the molecule is NC=C(Cl)c1ncc(Oc2cccc(C(F)(F)F)c2)c(C(=O)NCCc2ccc(Cl)cc2Cl)n1. The highest BCUT2D eigenvalue weighted by atomic mass is 35.5. The van der Waals surface area contributed by atoms with Crippen LogP contribution in [-0.2, 0) is 12.6 Å². The van der Waals surface area contributed by atoms with Crippen molar-refractivity contribution in [2.45, 2.75) is 12.6 Å². The molecular weight excluding hydrogens is 516 g/mol. The van der Waals surface area contributed by atoms with Crippen LogP contribution >= 0.6 is 34.8 Å². The van der Waals surface area contributed by atoms with E-state index in [-0.39, 0.29) is 34.6 Å². The summed E-state index contributed by atoms with van der Waals surface area (Å²) in [5, 5.41) is 3.55. The van der Waals surface area contributed by atoms with Crippen molar-refractivity contribution in [1.82, 2.24) is 15.3 Å². The molecule has 0 spiro atoms. The molecular formula is C22H16Cl3F3N4O2. The molecule has 0 aliphatic rings. The predicted molar refractivity (Wildman–Crippen MR) is 124 cm³/mol. The van der Waals surface area contributed by atoms with E-state index in [4.69, 9.17) is 45.3 Å². The Morgan fingerprint density at radius 1 is 1.18 bits per heavy atom. The molecule has 0 radical (unpaired) electrons. The van der Waals surface area contributed by atoms with Gasteiger partial charge in [-0.25, -0.2) is 9.97 Å². The summed E-state index contributed by atoms with van der Waals surface area (Å²) in [4.78, 5) is 20.9. The molecule has 178 valence electrons. The van der Waals surface area contributed by atoms with Crippen molar-refractivity contribution in [3.05, 3.63) is 87.6 Å². The van der Waals surface area contributed by atoms with E-state index in [0.29, 0.717) is 16.5 Å². The van der Waals surface area contributed by atoms with Crippen molar-refractivity contribution in [3.8, 4) is 11.5 Å². The maximum atomic E-state index is 13.0. The number of carbonyl (C=O) groups excluding carboxylic acids is 1. The number of rotatable bonds is 7. The Hall–Kier alpha value is -3.01. The van der Waals surface area contributed by atoms with Gasteiger partial charge in [-0.3, -0.25) is 4.79 Å². The largest absolute Gasteiger partial charge is 0.453 e. The Labute approximate surface area is 207 Å². The van der Waals surface area contributed by atoms with Crippen molar-refractivity contribution < 1.29 is 22.7 Å². The Morgan fingerprint density at radius 2 is 1.94 bits per heavy atom. The molecule has 1 amide bonds. The van der Waals surface area contributed by atoms with E-state index in [2.05, 4.69) is 15.3 Å². The Bertz CT molecular complexity index is 1240. The van der Waals surface area contributed by atoms with Gasteiger partial charge >= 0.3 is 6.18 Å². The molecule has 34 heavy (non-hydrogen) atoms. The molecule has 0 saturated carbocycles. The van der Waals surface area contributed by atoms with Crippen LogP contribution in [0, 0.1) is 0 Å². The van der Waals surface area contributed by atoms with E-state index < -0.39 is 17.6 Å². The maximum absolute atomic E-state index is 13.0. The maximum Gasteiger partial charge on any atom is 0.416 e. The van der Waals surface area contributed by atoms with E-state index in [1.165, 1.54) is 12.1 Å². The number of carbonyl (C=O) groups is 1. The van der Waals surface area contributed by atoms with Crippen molar-refractivity contribution in [2.24, 2.45) is 5.73 Å². The lowest BCUT2D eigenvalue weighted by molar-refractivity contribution is -0.137. The fourth-order valence-corrected chi connectivity index (χ4v) is 3.37. The molecule has 0 aliphatic heterocycles. The summed E-state index contributed by atoms with van der Waals surface area (Å²) < 4.78 is 44.6. The number of nitrogens with zero attached hydrogens (tertiary/aromatic N) is 2. The first kappa shape index (κ1) is 25.6. The molecule has 0 bridgehead atoms. The smallest absolute Gasteiger partial charge is 0.416 e. The van der Waals surface area contributed by atoms with E-state index >= 15 is 0 Å². The molecule has 0 fully saturated rings. The summed E-state index contributed by atoms with van der Waals surface area (Å²) in [7, 11) is 0. The van der Waals surface area contributed by atoms with Crippen LogP contribution in [0.1, 0.15) is 27.4 Å². The number of halogens is 6. The highest BCUT2D eigenvalue weighted by Crippen LogP contribution is 2.33. The van der Waals surface area contributed by atoms with Crippen LogP contribution in [0.3, 0.4) is 0 Å². The van der Waals surface area contributed by atoms with Gasteiger partial charge in [0.15, 0.2) is 17.3 Å². The molecule has 1 aromatic heterocycles. The zero-order valence-corrected chi connectivity index (χ0v) is 19.4. The second-order valence-electron chi connectivity index (χ2n) is 6.79. The molecule has 0 unspecified atom stereocenters. The molecule has 12 heteroatoms. The third kappa shape index (κ3) is 6.53. The second kappa shape index (κ2) is 10.9. The summed E-state index contributed by atoms with van der Waals surface area (Å²) in [6.45, 7) is 0.170. The van der Waals surface area contributed by atoms with Crippen LogP contribution in [0.2, 0.25) is 10.0 Å². The number of ether oxygens (including phenoxy) is 1. The number of alkyl halides is 3. The molecule has 3 aromatic rings. The van der Waals surface area contributed by atoms with E-state index in [9.17, 15) is 18.0 Å². The van der Waals surface area contributed by atoms with Gasteiger partial charge in [-0.2, -0.15) is 13.2 Å². The Balaban J connectivity index is 1.84. The van der Waals surface area contributed by atoms with E-state index in [1.807, 2.05) is 0 Å². The molecule has 3 N–H and O–H groups in total. The number of nitrogens with two attached hydrogens (primary N) is 1. The normalized spacial score (nSPS) is 11.9. The molecule has 6 nitrogen and oxygen atoms in total. The minimum Gasteiger partial charge on any atom is -0.453 e. The van der Waals surface area contributed by atoms with Crippen molar-refractivity contribution >= 4 is 45.7 Å². The first-order valence-corrected chi connectivity index (χ1v) is 10.7. The zero-order chi connectivity index (χ0) is 24.9. The summed E-state index contributed by atoms with van der Waals surface area (Å²) in [5.41, 5.74) is 4.98. The predicted octanol–water partition coefficient (Wildman–Crippen LogP) is 6.06. The van der Waals surface area contributed by atoms with Crippen molar-refractivity contribution in [3.63, 3.8) is 0 Å². The van der Waals surface area contributed by atoms with Gasteiger partial charge < -0.3 is 15.8 Å². The van der Waals surface area contributed by atoms with Gasteiger partial charge in [0.25, 0.3) is 5.91 Å². The first-order chi connectivity index (χ1) is 16.1. The first-order valence-electron chi connectivity index (χ1n) is 9.60. The third-order valence-electron chi connectivity index (χ3n) is 4.41. The van der Waals surface area contributed by atoms with Gasteiger partial charge in [0.1, 0.15) is 10.8 Å². The summed E-state index contributed by atoms with van der Waals surface area (Å²) in [6.07, 6.45) is -2.02. The van der Waals surface area contributed by atoms with Crippen LogP contribution in [0.25, 0.3) is 5.03 Å². The van der Waals surface area contributed by atoms with Gasteiger partial charge in [-0.05, 0) is 42.3 Å². The highest BCUT2D eigenvalue weighted by molar-refractivity contribution is 6.48. The monoisotopic (exact) mass is 530 g/mol. The topological polar surface area (TPSA) is 90.1 Å². The van der Waals surface area contributed by atoms with Crippen molar-refractivity contribution in [2.75, 3.05) is 6.54 Å². The van der Waals surface area contributed by atoms with E-state index in [1.54, 1.807) is 18.2 Å². The van der Waals surface area contributed by atoms with Crippen LogP contribution in [-0.4, -0.2) is 22.4 Å². The molecule has 0 aliphatic carbocycles. The minimum absolute atomic E-state index is 0.0346. The van der Waals surface area contributed by atoms with Gasteiger partial charge in [0, 0.05) is 22.8 Å². The molecule has 3 rings (SSSR count). The number of aromatic nitrogens is 2. The average Bonchev–Trinajstić information content (AvgIpc) is 2.79. The van der Waals surface area contributed by atoms with Gasteiger partial charge in [0.2, 0.25) is 0 Å². The fourth-order valence-electron chi connectivity index (χ4n) is 2.78. The number of hydrogen-bond acceptors (Lipinski definition) is 5. The second-order valence-corrected chi connectivity index (χ2v) is 8.04. The van der Waals surface area contributed by atoms with Gasteiger partial charge in [0.05, 0.1) is 11.8 Å². The van der Waals surface area contributed by atoms with Crippen molar-refractivity contribution in [1.29, 1.82) is 0 Å². The number of nitrogens with one attached hydrogen (secondary N) is 1. The molecule has 0 atom stereocenters. The fraction of sp³-hybridized carbons (Fsp3) is 0.136. The number of amides is 1. The van der Waals surface area contributed by atoms with Crippen LogP contribution < -0.4 is 15.8 Å². The lowest BCUT2D eigenvalue weighted by Gasteiger charge is -2.13. The zero-order valence-electron chi connectivity index (χ0n) is 17.2. The standard InChI is InChI=1S/C22H16Cl3F3N4O2/c23-14-5-4-12(16(24)9-14)6-7-30-21(33)19-18(11-31-20(32-19)17(25)10-29)34-15-3-1-2-13(8-15)22(26,27)28/h1-5,8-11H,6-7,29H2,(H,30,33). The summed E-state index contributed by atoms with van der Waals surface area (Å²) >= 11 is 18.0. The number of benzene rings is 2. The molecule has 0 saturated heterocycles. The molecule has 2 aromatic carbocycles. The lowest BCUT2D eigenvalue weighted by atomic mass is 10.1. The third-order valence-corrected chi connectivity index (χ3v) is 5.30. The summed E-state index contributed by atoms with van der Waals surface area (Å²) in [6, 6.07) is 9.16. The average molecular weight is 532 g/mol. The molecule has 1 heterocycles. The van der Waals surface area contributed by atoms with Crippen LogP contribution in [0.5, 0.6) is 11.5 Å². The van der Waals surface area contributed by atoms with Crippen LogP contribution in [0.15, 0.2) is 54.9 Å².